The van der Waals surface area contributed by atoms with E-state index in [4.69, 9.17) is 5.73 Å². The Labute approximate surface area is 122 Å². The molecular formula is C14H20F3N3O. The number of alkyl halides is 3. The van der Waals surface area contributed by atoms with Gasteiger partial charge in [-0.25, -0.2) is 0 Å². The Morgan fingerprint density at radius 3 is 2.57 bits per heavy atom. The normalized spacial score (nSPS) is 11.7. The van der Waals surface area contributed by atoms with E-state index >= 15 is 0 Å². The molecule has 0 aliphatic carbocycles. The summed E-state index contributed by atoms with van der Waals surface area (Å²) >= 11 is 0. The molecule has 118 valence electrons. The molecule has 4 nitrogen and oxygen atoms in total. The van der Waals surface area contributed by atoms with Crippen LogP contribution in [0.3, 0.4) is 0 Å². The van der Waals surface area contributed by atoms with E-state index in [-0.39, 0.29) is 25.4 Å². The average Bonchev–Trinajstić information content (AvgIpc) is 2.36. The Kier molecular flexibility index (Phi) is 6.02. The largest absolute Gasteiger partial charge is 0.401 e. The van der Waals surface area contributed by atoms with E-state index in [9.17, 15) is 18.0 Å². The Hall–Kier alpha value is -1.76. The summed E-state index contributed by atoms with van der Waals surface area (Å²) in [4.78, 5) is 13.0. The van der Waals surface area contributed by atoms with Crippen LogP contribution in [0, 0.1) is 6.92 Å². The molecule has 21 heavy (non-hydrogen) atoms. The number of rotatable bonds is 6. The summed E-state index contributed by atoms with van der Waals surface area (Å²) in [6.07, 6.45) is -4.24. The maximum atomic E-state index is 12.3. The maximum absolute atomic E-state index is 12.3. The van der Waals surface area contributed by atoms with Gasteiger partial charge in [-0.2, -0.15) is 13.2 Å². The average molecular weight is 303 g/mol. The third kappa shape index (κ3) is 6.48. The number of nitrogens with zero attached hydrogens (tertiary/aromatic N) is 1. The minimum Gasteiger partial charge on any atom is -0.399 e. The Balaban J connectivity index is 2.50. The van der Waals surface area contributed by atoms with Crippen molar-refractivity contribution in [2.45, 2.75) is 26.4 Å². The van der Waals surface area contributed by atoms with Gasteiger partial charge in [0.25, 0.3) is 0 Å². The minimum atomic E-state index is -4.25. The molecule has 0 aliphatic heterocycles. The highest BCUT2D eigenvalue weighted by Gasteiger charge is 2.30. The summed E-state index contributed by atoms with van der Waals surface area (Å²) in [5, 5.41) is 2.68. The van der Waals surface area contributed by atoms with Gasteiger partial charge in [0, 0.05) is 24.3 Å². The van der Waals surface area contributed by atoms with Crippen LogP contribution in [0.4, 0.5) is 24.5 Å². The van der Waals surface area contributed by atoms with Gasteiger partial charge >= 0.3 is 6.18 Å². The number of halogens is 3. The van der Waals surface area contributed by atoms with Crippen LogP contribution < -0.4 is 11.1 Å². The second kappa shape index (κ2) is 7.31. The SMILES string of the molecule is CCN(CCC(=O)Nc1ccc(N)cc1C)CC(F)(F)F. The number of benzene rings is 1. The standard InChI is InChI=1S/C14H20F3N3O/c1-3-20(9-14(15,16)17)7-6-13(21)19-12-5-4-11(18)8-10(12)2/h4-5,8H,3,6-7,9,18H2,1-2H3,(H,19,21). The number of aryl methyl sites for hydroxylation is 1. The van der Waals surface area contributed by atoms with Crippen molar-refractivity contribution in [3.63, 3.8) is 0 Å². The predicted molar refractivity (Wildman–Crippen MR) is 77.0 cm³/mol. The van der Waals surface area contributed by atoms with Gasteiger partial charge in [0.2, 0.25) is 5.91 Å². The molecule has 0 saturated carbocycles. The number of anilines is 2. The third-order valence-corrected chi connectivity index (χ3v) is 3.03. The molecule has 1 aromatic carbocycles. The molecule has 1 aromatic rings. The molecule has 0 fully saturated rings. The Bertz CT molecular complexity index is 489. The Morgan fingerprint density at radius 1 is 1.38 bits per heavy atom. The molecule has 1 amide bonds. The Morgan fingerprint density at radius 2 is 2.05 bits per heavy atom. The quantitative estimate of drug-likeness (QED) is 0.795. The van der Waals surface area contributed by atoms with E-state index in [1.54, 1.807) is 32.0 Å². The lowest BCUT2D eigenvalue weighted by Gasteiger charge is -2.21. The van der Waals surface area contributed by atoms with Crippen LogP contribution in [0.1, 0.15) is 18.9 Å². The topological polar surface area (TPSA) is 58.4 Å². The van der Waals surface area contributed by atoms with Gasteiger partial charge in [-0.3, -0.25) is 9.69 Å². The second-order valence-electron chi connectivity index (χ2n) is 4.86. The molecule has 0 radical (unpaired) electrons. The zero-order valence-electron chi connectivity index (χ0n) is 12.1. The molecule has 0 spiro atoms. The fourth-order valence-corrected chi connectivity index (χ4v) is 1.90. The first-order chi connectivity index (χ1) is 9.71. The maximum Gasteiger partial charge on any atom is 0.401 e. The van der Waals surface area contributed by atoms with Gasteiger partial charge < -0.3 is 11.1 Å². The third-order valence-electron chi connectivity index (χ3n) is 3.03. The summed E-state index contributed by atoms with van der Waals surface area (Å²) in [5.74, 6) is -0.316. The van der Waals surface area contributed by atoms with E-state index in [0.717, 1.165) is 5.56 Å². The molecule has 7 heteroatoms. The number of carbonyl (C=O) groups is 1. The summed E-state index contributed by atoms with van der Waals surface area (Å²) in [6.45, 7) is 2.74. The number of nitrogen functional groups attached to an aromatic ring is 1. The van der Waals surface area contributed by atoms with Crippen LogP contribution in [0.5, 0.6) is 0 Å². The fraction of sp³-hybridized carbons (Fsp3) is 0.500. The highest BCUT2D eigenvalue weighted by molar-refractivity contribution is 5.91. The van der Waals surface area contributed by atoms with Crippen molar-refractivity contribution >= 4 is 17.3 Å². The first-order valence-electron chi connectivity index (χ1n) is 6.66. The van der Waals surface area contributed by atoms with Gasteiger partial charge in [0.15, 0.2) is 0 Å². The first-order valence-corrected chi connectivity index (χ1v) is 6.66. The van der Waals surface area contributed by atoms with Crippen molar-refractivity contribution < 1.29 is 18.0 Å². The number of carbonyl (C=O) groups excluding carboxylic acids is 1. The minimum absolute atomic E-state index is 0.00768. The van der Waals surface area contributed by atoms with Gasteiger partial charge in [-0.1, -0.05) is 6.92 Å². The molecule has 0 aromatic heterocycles. The van der Waals surface area contributed by atoms with Gasteiger partial charge in [0.05, 0.1) is 6.54 Å². The number of hydrogen-bond acceptors (Lipinski definition) is 3. The monoisotopic (exact) mass is 303 g/mol. The molecule has 0 unspecified atom stereocenters. The number of hydrogen-bond donors (Lipinski definition) is 2. The van der Waals surface area contributed by atoms with Crippen molar-refractivity contribution in [3.05, 3.63) is 23.8 Å². The van der Waals surface area contributed by atoms with E-state index in [1.807, 2.05) is 0 Å². The summed E-state index contributed by atoms with van der Waals surface area (Å²) in [5.41, 5.74) is 7.63. The van der Waals surface area contributed by atoms with Crippen molar-refractivity contribution in [1.29, 1.82) is 0 Å². The van der Waals surface area contributed by atoms with E-state index in [2.05, 4.69) is 5.32 Å². The fourth-order valence-electron chi connectivity index (χ4n) is 1.90. The lowest BCUT2D eigenvalue weighted by molar-refractivity contribution is -0.146. The lowest BCUT2D eigenvalue weighted by atomic mass is 10.2. The van der Waals surface area contributed by atoms with Gasteiger partial charge in [-0.05, 0) is 37.2 Å². The van der Waals surface area contributed by atoms with Crippen LogP contribution in [-0.4, -0.2) is 36.6 Å². The van der Waals surface area contributed by atoms with E-state index in [0.29, 0.717) is 11.4 Å². The van der Waals surface area contributed by atoms with Crippen LogP contribution >= 0.6 is 0 Å². The van der Waals surface area contributed by atoms with Crippen molar-refractivity contribution in [2.24, 2.45) is 0 Å². The van der Waals surface area contributed by atoms with E-state index < -0.39 is 12.7 Å². The van der Waals surface area contributed by atoms with Gasteiger partial charge in [-0.15, -0.1) is 0 Å². The van der Waals surface area contributed by atoms with Crippen molar-refractivity contribution in [2.75, 3.05) is 30.7 Å². The molecule has 0 bridgehead atoms. The summed E-state index contributed by atoms with van der Waals surface area (Å²) < 4.78 is 36.9. The van der Waals surface area contributed by atoms with Crippen LogP contribution in [0.2, 0.25) is 0 Å². The van der Waals surface area contributed by atoms with Crippen LogP contribution in [-0.2, 0) is 4.79 Å². The van der Waals surface area contributed by atoms with Crippen LogP contribution in [0.25, 0.3) is 0 Å². The number of nitrogens with two attached hydrogens (primary N) is 1. The van der Waals surface area contributed by atoms with E-state index in [1.165, 1.54) is 4.90 Å². The summed E-state index contributed by atoms with van der Waals surface area (Å²) in [7, 11) is 0. The zero-order chi connectivity index (χ0) is 16.0. The number of amides is 1. The lowest BCUT2D eigenvalue weighted by Crippen LogP contribution is -2.36. The van der Waals surface area contributed by atoms with Crippen molar-refractivity contribution in [3.8, 4) is 0 Å². The van der Waals surface area contributed by atoms with Gasteiger partial charge in [0.1, 0.15) is 0 Å². The molecule has 0 saturated heterocycles. The second-order valence-corrected chi connectivity index (χ2v) is 4.86. The zero-order valence-corrected chi connectivity index (χ0v) is 12.1. The first kappa shape index (κ1) is 17.3. The molecule has 0 aliphatic rings. The summed E-state index contributed by atoms with van der Waals surface area (Å²) in [6, 6.07) is 5.05. The smallest absolute Gasteiger partial charge is 0.399 e. The molecule has 0 atom stereocenters. The molecular weight excluding hydrogens is 283 g/mol. The highest BCUT2D eigenvalue weighted by atomic mass is 19.4. The number of nitrogens with one attached hydrogen (secondary N) is 1. The van der Waals surface area contributed by atoms with Crippen molar-refractivity contribution in [1.82, 2.24) is 4.90 Å². The highest BCUT2D eigenvalue weighted by Crippen LogP contribution is 2.18. The molecule has 3 N–H and O–H groups in total. The van der Waals surface area contributed by atoms with Crippen LogP contribution in [0.15, 0.2) is 18.2 Å². The molecule has 0 heterocycles. The molecule has 1 rings (SSSR count). The predicted octanol–water partition coefficient (Wildman–Crippen LogP) is 2.79.